The smallest absolute Gasteiger partial charge is 0.341 e. The molecular weight excluding hydrogens is 486 g/mol. The molecular formula is C31H24ClNO4. The van der Waals surface area contributed by atoms with E-state index in [9.17, 15) is 4.79 Å². The number of ether oxygens (including phenoxy) is 2. The molecule has 3 aromatic carbocycles. The highest BCUT2D eigenvalue weighted by atomic mass is 35.5. The van der Waals surface area contributed by atoms with E-state index in [2.05, 4.69) is 16.8 Å². The van der Waals surface area contributed by atoms with E-state index in [0.717, 1.165) is 33.5 Å². The molecule has 0 saturated carbocycles. The van der Waals surface area contributed by atoms with Crippen LogP contribution < -0.4 is 9.47 Å². The van der Waals surface area contributed by atoms with Gasteiger partial charge in [0.1, 0.15) is 23.8 Å². The molecule has 0 spiro atoms. The van der Waals surface area contributed by atoms with E-state index in [0.29, 0.717) is 23.1 Å². The quantitative estimate of drug-likeness (QED) is 0.278. The Bertz CT molecular complexity index is 1450. The number of pyridine rings is 1. The van der Waals surface area contributed by atoms with Gasteiger partial charge < -0.3 is 14.6 Å². The first-order valence-electron chi connectivity index (χ1n) is 11.6. The van der Waals surface area contributed by atoms with E-state index in [-0.39, 0.29) is 6.61 Å². The van der Waals surface area contributed by atoms with Crippen molar-refractivity contribution in [1.82, 2.24) is 4.98 Å². The van der Waals surface area contributed by atoms with Gasteiger partial charge in [-0.05, 0) is 95.8 Å². The van der Waals surface area contributed by atoms with Crippen molar-refractivity contribution in [3.8, 4) is 23.3 Å². The van der Waals surface area contributed by atoms with E-state index in [4.69, 9.17) is 26.2 Å². The number of carboxylic acids is 1. The van der Waals surface area contributed by atoms with Gasteiger partial charge in [-0.15, -0.1) is 0 Å². The Morgan fingerprint density at radius 1 is 0.946 bits per heavy atom. The van der Waals surface area contributed by atoms with Gasteiger partial charge in [-0.2, -0.15) is 0 Å². The van der Waals surface area contributed by atoms with Crippen LogP contribution in [0.15, 0.2) is 97.2 Å². The number of hydrogen-bond donors (Lipinski definition) is 1. The second kappa shape index (κ2) is 12.4. The molecule has 0 aliphatic heterocycles. The maximum Gasteiger partial charge on any atom is 0.341 e. The minimum absolute atomic E-state index is 0.327. The fourth-order valence-corrected chi connectivity index (χ4v) is 3.70. The van der Waals surface area contributed by atoms with Gasteiger partial charge in [0, 0.05) is 16.8 Å². The van der Waals surface area contributed by atoms with Crippen molar-refractivity contribution in [3.63, 3.8) is 0 Å². The molecule has 6 heteroatoms. The molecule has 1 heterocycles. The third-order valence-corrected chi connectivity index (χ3v) is 5.64. The molecule has 4 aromatic rings. The first-order chi connectivity index (χ1) is 18.0. The molecule has 4 rings (SSSR count). The Balaban J connectivity index is 1.52. The summed E-state index contributed by atoms with van der Waals surface area (Å²) >= 11 is 6.11. The zero-order valence-corrected chi connectivity index (χ0v) is 20.9. The molecule has 0 radical (unpaired) electrons. The minimum Gasteiger partial charge on any atom is -0.489 e. The van der Waals surface area contributed by atoms with Crippen molar-refractivity contribution in [2.45, 2.75) is 6.92 Å². The number of rotatable bonds is 8. The summed E-state index contributed by atoms with van der Waals surface area (Å²) in [6, 6.07) is 26.6. The van der Waals surface area contributed by atoms with Crippen LogP contribution in [0.3, 0.4) is 0 Å². The van der Waals surface area contributed by atoms with Crippen LogP contribution in [-0.2, 0) is 4.79 Å². The van der Waals surface area contributed by atoms with Gasteiger partial charge in [0.25, 0.3) is 0 Å². The number of carbonyl (C=O) groups is 1. The average molecular weight is 510 g/mol. The Kier molecular flexibility index (Phi) is 8.59. The molecule has 1 N–H and O–H groups in total. The topological polar surface area (TPSA) is 68.7 Å². The summed E-state index contributed by atoms with van der Waals surface area (Å²) in [6.07, 6.45) is 3.74. The van der Waals surface area contributed by atoms with Crippen LogP contribution in [0.5, 0.6) is 11.5 Å². The van der Waals surface area contributed by atoms with Gasteiger partial charge in [-0.25, -0.2) is 9.78 Å². The summed E-state index contributed by atoms with van der Waals surface area (Å²) in [5.41, 5.74) is 5.43. The van der Waals surface area contributed by atoms with Crippen LogP contribution in [0.2, 0.25) is 5.02 Å². The predicted molar refractivity (Wildman–Crippen MR) is 145 cm³/mol. The highest BCUT2D eigenvalue weighted by Gasteiger charge is 2.07. The van der Waals surface area contributed by atoms with Crippen molar-refractivity contribution in [3.05, 3.63) is 130 Å². The lowest BCUT2D eigenvalue weighted by molar-refractivity contribution is -0.139. The van der Waals surface area contributed by atoms with Crippen molar-refractivity contribution in [2.24, 2.45) is 0 Å². The largest absolute Gasteiger partial charge is 0.489 e. The fraction of sp³-hybridized carbons (Fsp3) is 0.0968. The van der Waals surface area contributed by atoms with Crippen LogP contribution in [0, 0.1) is 18.8 Å². The number of carboxylic acid groups (broad SMARTS) is 1. The molecule has 0 fully saturated rings. The first kappa shape index (κ1) is 25.6. The molecule has 0 bridgehead atoms. The maximum absolute atomic E-state index is 10.7. The Morgan fingerprint density at radius 3 is 2.32 bits per heavy atom. The van der Waals surface area contributed by atoms with E-state index in [1.165, 1.54) is 0 Å². The van der Waals surface area contributed by atoms with Gasteiger partial charge in [-0.1, -0.05) is 47.9 Å². The third kappa shape index (κ3) is 7.47. The standard InChI is InChI=1S/C31H24ClNO4/c1-22-20-28(15-16-30(22)37-21-31(34)35)36-19-17-29(25-10-12-26(32)13-11-25)24-8-5-23(6-9-24)7-14-27-4-2-3-18-33-27/h2-6,8-13,15-18,20H,19,21H2,1H3,(H,34,35). The van der Waals surface area contributed by atoms with E-state index >= 15 is 0 Å². The first-order valence-corrected chi connectivity index (χ1v) is 11.9. The van der Waals surface area contributed by atoms with Crippen LogP contribution >= 0.6 is 11.6 Å². The summed E-state index contributed by atoms with van der Waals surface area (Å²) in [7, 11) is 0. The van der Waals surface area contributed by atoms with E-state index < -0.39 is 5.97 Å². The van der Waals surface area contributed by atoms with E-state index in [1.54, 1.807) is 18.3 Å². The summed E-state index contributed by atoms with van der Waals surface area (Å²) < 4.78 is 11.3. The average Bonchev–Trinajstić information content (AvgIpc) is 2.91. The molecule has 0 aliphatic rings. The van der Waals surface area contributed by atoms with Crippen LogP contribution in [0.1, 0.15) is 27.9 Å². The van der Waals surface area contributed by atoms with E-state index in [1.807, 2.05) is 85.8 Å². The summed E-state index contributed by atoms with van der Waals surface area (Å²) in [4.78, 5) is 15.0. The molecule has 5 nitrogen and oxygen atoms in total. The minimum atomic E-state index is -1.02. The van der Waals surface area contributed by atoms with Crippen LogP contribution in [0.25, 0.3) is 5.57 Å². The Morgan fingerprint density at radius 2 is 1.68 bits per heavy atom. The normalized spacial score (nSPS) is 10.8. The maximum atomic E-state index is 10.7. The number of hydrogen-bond acceptors (Lipinski definition) is 4. The number of aryl methyl sites for hydroxylation is 1. The number of aromatic nitrogens is 1. The van der Waals surface area contributed by atoms with Gasteiger partial charge in [0.05, 0.1) is 0 Å². The SMILES string of the molecule is Cc1cc(OCC=C(c2ccc(Cl)cc2)c2ccc(C#Cc3ccccn3)cc2)ccc1OCC(=O)O. The molecule has 0 aliphatic carbocycles. The van der Waals surface area contributed by atoms with Crippen molar-refractivity contribution in [1.29, 1.82) is 0 Å². The predicted octanol–water partition coefficient (Wildman–Crippen LogP) is 6.42. The molecule has 184 valence electrons. The van der Waals surface area contributed by atoms with Gasteiger partial charge in [0.15, 0.2) is 6.61 Å². The molecule has 0 amide bonds. The van der Waals surface area contributed by atoms with Gasteiger partial charge >= 0.3 is 5.97 Å². The Hall–Kier alpha value is -4.53. The van der Waals surface area contributed by atoms with Crippen molar-refractivity contribution < 1.29 is 19.4 Å². The second-order valence-corrected chi connectivity index (χ2v) is 8.52. The molecule has 0 saturated heterocycles. The number of halogens is 1. The number of nitrogens with zero attached hydrogens (tertiary/aromatic N) is 1. The number of aliphatic carboxylic acids is 1. The van der Waals surface area contributed by atoms with Gasteiger partial charge in [-0.3, -0.25) is 0 Å². The summed E-state index contributed by atoms with van der Waals surface area (Å²) in [5.74, 6) is 6.37. The fourth-order valence-electron chi connectivity index (χ4n) is 3.57. The molecule has 0 atom stereocenters. The lowest BCUT2D eigenvalue weighted by atomic mass is 9.97. The molecule has 0 unspecified atom stereocenters. The summed E-state index contributed by atoms with van der Waals surface area (Å²) in [5, 5.41) is 9.47. The van der Waals surface area contributed by atoms with Crippen LogP contribution in [0.4, 0.5) is 0 Å². The Labute approximate surface area is 221 Å². The monoisotopic (exact) mass is 509 g/mol. The third-order valence-electron chi connectivity index (χ3n) is 5.39. The van der Waals surface area contributed by atoms with Gasteiger partial charge in [0.2, 0.25) is 0 Å². The zero-order chi connectivity index (χ0) is 26.0. The molecule has 37 heavy (non-hydrogen) atoms. The highest BCUT2D eigenvalue weighted by molar-refractivity contribution is 6.30. The summed E-state index contributed by atoms with van der Waals surface area (Å²) in [6.45, 7) is 1.78. The van der Waals surface area contributed by atoms with Crippen LogP contribution in [-0.4, -0.2) is 29.3 Å². The zero-order valence-electron chi connectivity index (χ0n) is 20.1. The lowest BCUT2D eigenvalue weighted by Gasteiger charge is -2.12. The van der Waals surface area contributed by atoms with Crippen molar-refractivity contribution in [2.75, 3.05) is 13.2 Å². The highest BCUT2D eigenvalue weighted by Crippen LogP contribution is 2.27. The molecule has 1 aromatic heterocycles. The second-order valence-electron chi connectivity index (χ2n) is 8.09. The number of benzene rings is 3. The van der Waals surface area contributed by atoms with Crippen molar-refractivity contribution >= 4 is 23.1 Å². The lowest BCUT2D eigenvalue weighted by Crippen LogP contribution is -2.10.